The molecule has 1 N–H and O–H groups in total. The minimum Gasteiger partial charge on any atom is -0.311 e. The molecule has 90 valence electrons. The number of aromatic nitrogens is 1. The van der Waals surface area contributed by atoms with E-state index in [1.807, 2.05) is 19.2 Å². The lowest BCUT2D eigenvalue weighted by Crippen LogP contribution is -2.19. The van der Waals surface area contributed by atoms with Crippen molar-refractivity contribution in [3.05, 3.63) is 49.8 Å². The Bertz CT molecular complexity index is 484. The molecule has 2 nitrogen and oxygen atoms in total. The smallest absolute Gasteiger partial charge is 0.0701 e. The summed E-state index contributed by atoms with van der Waals surface area (Å²) in [5.74, 6) is 0. The second-order valence-electron chi connectivity index (χ2n) is 3.65. The van der Waals surface area contributed by atoms with Crippen LogP contribution in [0.5, 0.6) is 0 Å². The van der Waals surface area contributed by atoms with Crippen molar-refractivity contribution >= 4 is 38.9 Å². The number of likely N-dealkylation sites (N-methyl/N-ethyl adjacent to an activating group) is 1. The third kappa shape index (κ3) is 3.52. The zero-order valence-electron chi connectivity index (χ0n) is 9.28. The average Bonchev–Trinajstić information content (AvgIpc) is 2.73. The average molecular weight is 332 g/mol. The number of pyridine rings is 1. The van der Waals surface area contributed by atoms with Gasteiger partial charge in [-0.3, -0.25) is 4.98 Å². The molecule has 2 aromatic heterocycles. The molecular formula is C12H12BrClN2S. The molecule has 0 saturated heterocycles. The van der Waals surface area contributed by atoms with Crippen LogP contribution in [-0.4, -0.2) is 12.0 Å². The maximum absolute atomic E-state index is 5.84. The highest BCUT2D eigenvalue weighted by Crippen LogP contribution is 2.26. The minimum absolute atomic E-state index is 0.220. The van der Waals surface area contributed by atoms with E-state index in [1.54, 1.807) is 17.5 Å². The topological polar surface area (TPSA) is 24.9 Å². The number of nitrogens with zero attached hydrogens (tertiary/aromatic N) is 1. The molecular weight excluding hydrogens is 320 g/mol. The largest absolute Gasteiger partial charge is 0.311 e. The number of hydrogen-bond acceptors (Lipinski definition) is 3. The van der Waals surface area contributed by atoms with Crippen LogP contribution in [0.2, 0.25) is 5.02 Å². The Morgan fingerprint density at radius 3 is 2.76 bits per heavy atom. The predicted octanol–water partition coefficient (Wildman–Crippen LogP) is 4.06. The van der Waals surface area contributed by atoms with Gasteiger partial charge in [-0.25, -0.2) is 0 Å². The molecule has 1 atom stereocenters. The second-order valence-corrected chi connectivity index (χ2v) is 6.64. The molecule has 1 unspecified atom stereocenters. The van der Waals surface area contributed by atoms with E-state index in [0.717, 1.165) is 15.9 Å². The van der Waals surface area contributed by atoms with Gasteiger partial charge in [0, 0.05) is 17.5 Å². The van der Waals surface area contributed by atoms with Crippen LogP contribution in [0.1, 0.15) is 16.6 Å². The van der Waals surface area contributed by atoms with Crippen molar-refractivity contribution in [2.75, 3.05) is 7.05 Å². The number of nitrogens with one attached hydrogen (secondary N) is 1. The summed E-state index contributed by atoms with van der Waals surface area (Å²) in [7, 11) is 1.95. The molecule has 2 aromatic rings. The Morgan fingerprint density at radius 2 is 2.24 bits per heavy atom. The molecule has 5 heteroatoms. The summed E-state index contributed by atoms with van der Waals surface area (Å²) in [4.78, 5) is 5.68. The first-order valence-corrected chi connectivity index (χ1v) is 7.20. The fourth-order valence-corrected chi connectivity index (χ4v) is 3.25. The van der Waals surface area contributed by atoms with Gasteiger partial charge in [0.25, 0.3) is 0 Å². The van der Waals surface area contributed by atoms with Gasteiger partial charge in [0.15, 0.2) is 0 Å². The Balaban J connectivity index is 2.13. The van der Waals surface area contributed by atoms with E-state index in [0.29, 0.717) is 5.02 Å². The predicted molar refractivity (Wildman–Crippen MR) is 76.8 cm³/mol. The minimum atomic E-state index is 0.220. The standard InChI is InChI=1S/C12H12BrClN2S/c1-15-11(6-9-3-5-12(13)17-9)10-4-2-8(14)7-16-10/h2-5,7,11,15H,6H2,1H3. The summed E-state index contributed by atoms with van der Waals surface area (Å²) >= 11 is 11.1. The van der Waals surface area contributed by atoms with E-state index in [9.17, 15) is 0 Å². The third-order valence-electron chi connectivity index (χ3n) is 2.49. The fourth-order valence-electron chi connectivity index (χ4n) is 1.61. The zero-order chi connectivity index (χ0) is 12.3. The summed E-state index contributed by atoms with van der Waals surface area (Å²) in [5.41, 5.74) is 1.02. The monoisotopic (exact) mass is 330 g/mol. The first-order chi connectivity index (χ1) is 8.19. The van der Waals surface area contributed by atoms with Crippen molar-refractivity contribution in [2.45, 2.75) is 12.5 Å². The number of halogens is 2. The van der Waals surface area contributed by atoms with Gasteiger partial charge < -0.3 is 5.32 Å². The summed E-state index contributed by atoms with van der Waals surface area (Å²) < 4.78 is 1.16. The van der Waals surface area contributed by atoms with Crippen molar-refractivity contribution in [1.82, 2.24) is 10.3 Å². The number of hydrogen-bond donors (Lipinski definition) is 1. The molecule has 0 saturated carbocycles. The van der Waals surface area contributed by atoms with E-state index in [1.165, 1.54) is 4.88 Å². The molecule has 0 amide bonds. The zero-order valence-corrected chi connectivity index (χ0v) is 12.4. The van der Waals surface area contributed by atoms with Crippen LogP contribution in [-0.2, 0) is 6.42 Å². The van der Waals surface area contributed by atoms with Gasteiger partial charge in [-0.1, -0.05) is 11.6 Å². The summed E-state index contributed by atoms with van der Waals surface area (Å²) in [6.07, 6.45) is 2.62. The molecule has 17 heavy (non-hydrogen) atoms. The van der Waals surface area contributed by atoms with Crippen LogP contribution in [0.25, 0.3) is 0 Å². The van der Waals surface area contributed by atoms with E-state index in [2.05, 4.69) is 38.4 Å². The third-order valence-corrected chi connectivity index (χ3v) is 4.36. The maximum atomic E-state index is 5.84. The van der Waals surface area contributed by atoms with Crippen LogP contribution >= 0.6 is 38.9 Å². The lowest BCUT2D eigenvalue weighted by Gasteiger charge is -2.14. The quantitative estimate of drug-likeness (QED) is 0.914. The Labute approximate surface area is 118 Å². The lowest BCUT2D eigenvalue weighted by molar-refractivity contribution is 0.580. The fraction of sp³-hybridized carbons (Fsp3) is 0.250. The second kappa shape index (κ2) is 5.96. The molecule has 0 radical (unpaired) electrons. The van der Waals surface area contributed by atoms with Crippen molar-refractivity contribution in [3.8, 4) is 0 Å². The van der Waals surface area contributed by atoms with Gasteiger partial charge in [0.1, 0.15) is 0 Å². The first kappa shape index (κ1) is 13.0. The Hall–Kier alpha value is -0.420. The van der Waals surface area contributed by atoms with Crippen LogP contribution in [0.3, 0.4) is 0 Å². The molecule has 0 aliphatic rings. The highest BCUT2D eigenvalue weighted by molar-refractivity contribution is 9.11. The molecule has 2 heterocycles. The summed E-state index contributed by atoms with van der Waals surface area (Å²) in [5, 5.41) is 3.95. The van der Waals surface area contributed by atoms with Crippen molar-refractivity contribution in [3.63, 3.8) is 0 Å². The summed E-state index contributed by atoms with van der Waals surface area (Å²) in [6.45, 7) is 0. The number of rotatable bonds is 4. The van der Waals surface area contributed by atoms with Crippen molar-refractivity contribution < 1.29 is 0 Å². The van der Waals surface area contributed by atoms with Gasteiger partial charge in [0.2, 0.25) is 0 Å². The summed E-state index contributed by atoms with van der Waals surface area (Å²) in [6, 6.07) is 8.26. The molecule has 0 bridgehead atoms. The first-order valence-electron chi connectivity index (χ1n) is 5.22. The van der Waals surface area contributed by atoms with Gasteiger partial charge in [0.05, 0.1) is 20.5 Å². The van der Waals surface area contributed by atoms with E-state index in [4.69, 9.17) is 11.6 Å². The Kier molecular flexibility index (Phi) is 4.56. The van der Waals surface area contributed by atoms with Crippen molar-refractivity contribution in [2.24, 2.45) is 0 Å². The van der Waals surface area contributed by atoms with Crippen LogP contribution in [0.15, 0.2) is 34.2 Å². The molecule has 0 aliphatic heterocycles. The van der Waals surface area contributed by atoms with Gasteiger partial charge in [-0.15, -0.1) is 11.3 Å². The van der Waals surface area contributed by atoms with Gasteiger partial charge in [-0.2, -0.15) is 0 Å². The van der Waals surface area contributed by atoms with E-state index in [-0.39, 0.29) is 6.04 Å². The molecule has 2 rings (SSSR count). The van der Waals surface area contributed by atoms with Crippen LogP contribution in [0.4, 0.5) is 0 Å². The molecule has 0 aromatic carbocycles. The van der Waals surface area contributed by atoms with Crippen molar-refractivity contribution in [1.29, 1.82) is 0 Å². The van der Waals surface area contributed by atoms with E-state index >= 15 is 0 Å². The molecule has 0 fully saturated rings. The maximum Gasteiger partial charge on any atom is 0.0701 e. The lowest BCUT2D eigenvalue weighted by atomic mass is 10.1. The normalized spacial score (nSPS) is 12.6. The van der Waals surface area contributed by atoms with Crippen LogP contribution < -0.4 is 5.32 Å². The molecule has 0 spiro atoms. The molecule has 0 aliphatic carbocycles. The van der Waals surface area contributed by atoms with Gasteiger partial charge >= 0.3 is 0 Å². The van der Waals surface area contributed by atoms with E-state index < -0.39 is 0 Å². The highest BCUT2D eigenvalue weighted by atomic mass is 79.9. The Morgan fingerprint density at radius 1 is 1.41 bits per heavy atom. The highest BCUT2D eigenvalue weighted by Gasteiger charge is 2.12. The van der Waals surface area contributed by atoms with Gasteiger partial charge in [-0.05, 0) is 47.2 Å². The number of thiophene rings is 1. The SMILES string of the molecule is CNC(Cc1ccc(Br)s1)c1ccc(Cl)cn1. The van der Waals surface area contributed by atoms with Crippen LogP contribution in [0, 0.1) is 0 Å².